The maximum atomic E-state index is 13.1. The molecule has 0 spiro atoms. The second kappa shape index (κ2) is 71.5. The third kappa shape index (κ3) is 71.9. The van der Waals surface area contributed by atoms with E-state index in [0.717, 1.165) is 116 Å². The molecule has 19 heteroatoms. The molecule has 0 amide bonds. The summed E-state index contributed by atoms with van der Waals surface area (Å²) in [5.74, 6) is -1.44. The van der Waals surface area contributed by atoms with Gasteiger partial charge in [0.15, 0.2) is 12.2 Å². The van der Waals surface area contributed by atoms with Crippen LogP contribution in [0.1, 0.15) is 394 Å². The lowest BCUT2D eigenvalue weighted by molar-refractivity contribution is -0.161. The zero-order valence-corrected chi connectivity index (χ0v) is 65.2. The number of aliphatic hydroxyl groups excluding tert-OH is 1. The highest BCUT2D eigenvalue weighted by molar-refractivity contribution is 7.47. The molecule has 0 aliphatic heterocycles. The molecule has 3 N–H and O–H groups in total. The highest BCUT2D eigenvalue weighted by Gasteiger charge is 2.30. The Morgan fingerprint density at radius 3 is 0.837 bits per heavy atom. The third-order valence-electron chi connectivity index (χ3n) is 17.9. The number of unbranched alkanes of at least 4 members (excludes halogenated alkanes) is 46. The highest BCUT2D eigenvalue weighted by Crippen LogP contribution is 2.45. The summed E-state index contributed by atoms with van der Waals surface area (Å²) < 4.78 is 68.6. The number of hydrogen-bond acceptors (Lipinski definition) is 15. The van der Waals surface area contributed by atoms with Crippen LogP contribution in [0.2, 0.25) is 0 Å². The first-order chi connectivity index (χ1) is 47.5. The minimum atomic E-state index is -4.97. The van der Waals surface area contributed by atoms with E-state index in [-0.39, 0.29) is 25.7 Å². The lowest BCUT2D eigenvalue weighted by Gasteiger charge is -2.21. The van der Waals surface area contributed by atoms with Gasteiger partial charge in [-0.2, -0.15) is 0 Å². The quantitative estimate of drug-likeness (QED) is 0.0169. The van der Waals surface area contributed by atoms with E-state index in [0.29, 0.717) is 31.6 Å². The molecule has 0 aromatic carbocycles. The van der Waals surface area contributed by atoms with Crippen LogP contribution < -0.4 is 0 Å². The number of carbonyl (C=O) groups excluding carboxylic acids is 4. The minimum absolute atomic E-state index is 0.102. The fourth-order valence-corrected chi connectivity index (χ4v) is 13.3. The molecule has 578 valence electrons. The van der Waals surface area contributed by atoms with Gasteiger partial charge in [-0.1, -0.05) is 341 Å². The van der Waals surface area contributed by atoms with Gasteiger partial charge in [0, 0.05) is 25.7 Å². The molecule has 17 nitrogen and oxygen atoms in total. The predicted octanol–water partition coefficient (Wildman–Crippen LogP) is 23.2. The smallest absolute Gasteiger partial charge is 0.462 e. The van der Waals surface area contributed by atoms with Gasteiger partial charge in [-0.05, 0) is 57.3 Å². The largest absolute Gasteiger partial charge is 0.472 e. The second-order valence-electron chi connectivity index (χ2n) is 28.2. The van der Waals surface area contributed by atoms with E-state index in [1.165, 1.54) is 193 Å². The Balaban J connectivity index is 5.27. The van der Waals surface area contributed by atoms with Crippen LogP contribution in [0.3, 0.4) is 0 Å². The van der Waals surface area contributed by atoms with E-state index >= 15 is 0 Å². The van der Waals surface area contributed by atoms with Crippen LogP contribution in [0.25, 0.3) is 0 Å². The van der Waals surface area contributed by atoms with Crippen molar-refractivity contribution in [1.82, 2.24) is 0 Å². The van der Waals surface area contributed by atoms with Crippen LogP contribution in [0.5, 0.6) is 0 Å². The van der Waals surface area contributed by atoms with Gasteiger partial charge in [0.05, 0.1) is 26.4 Å². The number of rotatable bonds is 77. The molecule has 0 saturated carbocycles. The second-order valence-corrected chi connectivity index (χ2v) is 31.2. The summed E-state index contributed by atoms with van der Waals surface area (Å²) in [6.45, 7) is 7.20. The molecular weight excluding hydrogens is 1280 g/mol. The number of ether oxygens (including phenoxy) is 4. The van der Waals surface area contributed by atoms with Gasteiger partial charge in [-0.15, -0.1) is 0 Å². The summed E-state index contributed by atoms with van der Waals surface area (Å²) in [6, 6.07) is 0. The van der Waals surface area contributed by atoms with E-state index in [1.54, 1.807) is 0 Å². The Kier molecular flexibility index (Phi) is 69.7. The Morgan fingerprint density at radius 1 is 0.316 bits per heavy atom. The van der Waals surface area contributed by atoms with Gasteiger partial charge in [0.1, 0.15) is 19.3 Å². The zero-order chi connectivity index (χ0) is 71.9. The molecule has 0 bridgehead atoms. The van der Waals surface area contributed by atoms with E-state index in [1.807, 2.05) is 0 Å². The first-order valence-electron chi connectivity index (χ1n) is 40.5. The summed E-state index contributed by atoms with van der Waals surface area (Å²) in [7, 11) is -9.93. The Bertz CT molecular complexity index is 1970. The number of carbonyl (C=O) groups is 4. The lowest BCUT2D eigenvalue weighted by Crippen LogP contribution is -2.30. The number of hydrogen-bond donors (Lipinski definition) is 3. The topological polar surface area (TPSA) is 237 Å². The Morgan fingerprint density at radius 2 is 0.551 bits per heavy atom. The third-order valence-corrected chi connectivity index (χ3v) is 19.8. The SMILES string of the molecule is CCCCCC/C=C\C=C/CCCCCCCC(=O)OC[C@H](COP(=O)(O)OC[C@@H](O)COP(=O)(O)OC[C@@H](COC(=O)CCCCCCCCCC(C)C)OC(=O)CCCCCCCCCCCCCCCCC)OC(=O)CCCCCCCCCCCCCCCCCCCC. The van der Waals surface area contributed by atoms with Crippen LogP contribution in [-0.4, -0.2) is 96.7 Å². The summed E-state index contributed by atoms with van der Waals surface area (Å²) in [6.07, 6.45) is 64.7. The molecule has 0 aliphatic carbocycles. The van der Waals surface area contributed by atoms with E-state index < -0.39 is 97.5 Å². The molecule has 0 fully saturated rings. The first kappa shape index (κ1) is 95.5. The average Bonchev–Trinajstić information content (AvgIpc) is 1.28. The summed E-state index contributed by atoms with van der Waals surface area (Å²) in [4.78, 5) is 72.9. The number of allylic oxidation sites excluding steroid dienone is 4. The summed E-state index contributed by atoms with van der Waals surface area (Å²) >= 11 is 0. The number of esters is 4. The molecule has 2 unspecified atom stereocenters. The van der Waals surface area contributed by atoms with Gasteiger partial charge < -0.3 is 33.8 Å². The van der Waals surface area contributed by atoms with Crippen LogP contribution >= 0.6 is 15.6 Å². The number of phosphoric ester groups is 2. The maximum Gasteiger partial charge on any atom is 0.472 e. The van der Waals surface area contributed by atoms with Crippen molar-refractivity contribution in [3.8, 4) is 0 Å². The van der Waals surface area contributed by atoms with E-state index in [2.05, 4.69) is 58.9 Å². The van der Waals surface area contributed by atoms with Crippen LogP contribution in [-0.2, 0) is 65.4 Å². The molecule has 0 heterocycles. The molecule has 0 rings (SSSR count). The summed E-state index contributed by atoms with van der Waals surface area (Å²) in [5.41, 5.74) is 0. The standard InChI is InChI=1S/C79H150O17P2/c1-6-9-12-15-18-21-24-27-30-31-32-35-38-41-44-49-55-60-65-78(83)95-74(68-89-76(81)62-57-52-47-42-39-36-33-28-25-22-19-16-13-10-7-2)70-93-97(85,86)91-66-73(80)67-92-98(87,88)94-71-75(69-90-77(82)63-58-53-50-45-46-51-56-61-72(4)5)96-79(84)64-59-54-48-43-40-37-34-29-26-23-20-17-14-11-8-3/h22,25,28,33,72-75,80H,6-21,23-24,26-27,29-32,34-71H2,1-5H3,(H,85,86)(H,87,88)/b25-22-,33-28-/t73-,74-,75-/m1/s1. The molecule has 98 heavy (non-hydrogen) atoms. The van der Waals surface area contributed by atoms with Crippen molar-refractivity contribution in [2.45, 2.75) is 412 Å². The predicted molar refractivity (Wildman–Crippen MR) is 400 cm³/mol. The van der Waals surface area contributed by atoms with Crippen molar-refractivity contribution >= 4 is 39.5 Å². The normalized spacial score (nSPS) is 14.1. The van der Waals surface area contributed by atoms with Crippen molar-refractivity contribution < 1.29 is 80.2 Å². The Labute approximate surface area is 599 Å². The molecule has 0 aromatic heterocycles. The molecule has 0 radical (unpaired) electrons. The van der Waals surface area contributed by atoms with Gasteiger partial charge in [-0.25, -0.2) is 9.13 Å². The van der Waals surface area contributed by atoms with Gasteiger partial charge in [0.2, 0.25) is 0 Å². The fraction of sp³-hybridized carbons (Fsp3) is 0.899. The Hall–Kier alpha value is -2.46. The van der Waals surface area contributed by atoms with Crippen molar-refractivity contribution in [2.75, 3.05) is 39.6 Å². The fourth-order valence-electron chi connectivity index (χ4n) is 11.7. The summed E-state index contributed by atoms with van der Waals surface area (Å²) in [5, 5.41) is 10.6. The van der Waals surface area contributed by atoms with Crippen molar-refractivity contribution in [2.24, 2.45) is 5.92 Å². The average molecular weight is 1430 g/mol. The van der Waals surface area contributed by atoms with Crippen molar-refractivity contribution in [3.05, 3.63) is 24.3 Å². The molecule has 0 saturated heterocycles. The van der Waals surface area contributed by atoms with Crippen LogP contribution in [0.15, 0.2) is 24.3 Å². The molecule has 0 aromatic rings. The van der Waals surface area contributed by atoms with Crippen LogP contribution in [0.4, 0.5) is 0 Å². The van der Waals surface area contributed by atoms with Gasteiger partial charge >= 0.3 is 39.5 Å². The highest BCUT2D eigenvalue weighted by atomic mass is 31.2. The first-order valence-corrected chi connectivity index (χ1v) is 43.4. The monoisotopic (exact) mass is 1430 g/mol. The molecule has 5 atom stereocenters. The van der Waals surface area contributed by atoms with E-state index in [4.69, 9.17) is 37.0 Å². The minimum Gasteiger partial charge on any atom is -0.462 e. The molecule has 0 aliphatic rings. The van der Waals surface area contributed by atoms with Crippen molar-refractivity contribution in [3.63, 3.8) is 0 Å². The number of phosphoric acid groups is 2. The number of aliphatic hydroxyl groups is 1. The van der Waals surface area contributed by atoms with E-state index in [9.17, 15) is 43.2 Å². The zero-order valence-electron chi connectivity index (χ0n) is 63.4. The van der Waals surface area contributed by atoms with Crippen LogP contribution in [0, 0.1) is 5.92 Å². The van der Waals surface area contributed by atoms with Gasteiger partial charge in [-0.3, -0.25) is 37.3 Å². The van der Waals surface area contributed by atoms with Crippen molar-refractivity contribution in [1.29, 1.82) is 0 Å². The lowest BCUT2D eigenvalue weighted by atomic mass is 10.0. The maximum absolute atomic E-state index is 13.1. The van der Waals surface area contributed by atoms with Gasteiger partial charge in [0.25, 0.3) is 0 Å². The molecular formula is C79H150O17P2.